The quantitative estimate of drug-likeness (QED) is 0.824. The number of nitrogens with one attached hydrogen (secondary N) is 1. The van der Waals surface area contributed by atoms with E-state index in [4.69, 9.17) is 4.74 Å². The molecular formula is C14H24N2O. The van der Waals surface area contributed by atoms with Crippen LogP contribution in [0, 0.1) is 6.92 Å². The second-order valence-corrected chi connectivity index (χ2v) is 4.76. The maximum Gasteiger partial charge on any atom is 0.0820 e. The van der Waals surface area contributed by atoms with Gasteiger partial charge in [-0.2, -0.15) is 0 Å². The molecule has 0 bridgehead atoms. The largest absolute Gasteiger partial charge is 0.374 e. The number of rotatable bonds is 6. The van der Waals surface area contributed by atoms with Crippen LogP contribution in [0.4, 0.5) is 0 Å². The summed E-state index contributed by atoms with van der Waals surface area (Å²) in [6.45, 7) is 12.1. The van der Waals surface area contributed by atoms with Gasteiger partial charge in [-0.15, -0.1) is 0 Å². The zero-order valence-electron chi connectivity index (χ0n) is 11.6. The molecule has 0 saturated carbocycles. The molecular weight excluding hydrogens is 212 g/mol. The van der Waals surface area contributed by atoms with Crippen LogP contribution < -0.4 is 5.32 Å². The van der Waals surface area contributed by atoms with Gasteiger partial charge in [-0.1, -0.05) is 6.92 Å². The molecule has 0 aliphatic rings. The highest BCUT2D eigenvalue weighted by Gasteiger charge is 2.31. The lowest BCUT2D eigenvalue weighted by molar-refractivity contribution is -0.0390. The Hall–Kier alpha value is -0.930. The average molecular weight is 236 g/mol. The summed E-state index contributed by atoms with van der Waals surface area (Å²) in [7, 11) is 0. The van der Waals surface area contributed by atoms with Gasteiger partial charge in [0.25, 0.3) is 0 Å². The smallest absolute Gasteiger partial charge is 0.0820 e. The Kier molecular flexibility index (Phi) is 5.09. The molecule has 17 heavy (non-hydrogen) atoms. The molecule has 1 heterocycles. The molecule has 1 unspecified atom stereocenters. The van der Waals surface area contributed by atoms with Gasteiger partial charge >= 0.3 is 0 Å². The molecule has 1 atom stereocenters. The number of ether oxygens (including phenoxy) is 1. The van der Waals surface area contributed by atoms with Crippen molar-refractivity contribution in [1.82, 2.24) is 10.3 Å². The van der Waals surface area contributed by atoms with Crippen LogP contribution in [0.3, 0.4) is 0 Å². The number of hydrogen-bond acceptors (Lipinski definition) is 3. The number of hydrogen-bond donors (Lipinski definition) is 1. The Balaban J connectivity index is 3.04. The van der Waals surface area contributed by atoms with E-state index in [1.165, 1.54) is 11.1 Å². The third-order valence-electron chi connectivity index (χ3n) is 3.01. The molecule has 0 fully saturated rings. The first-order valence-electron chi connectivity index (χ1n) is 6.30. The van der Waals surface area contributed by atoms with E-state index in [2.05, 4.69) is 38.0 Å². The number of nitrogens with zero attached hydrogens (tertiary/aromatic N) is 1. The first-order chi connectivity index (χ1) is 8.03. The minimum atomic E-state index is -0.238. The molecule has 1 rings (SSSR count). The second kappa shape index (κ2) is 6.12. The van der Waals surface area contributed by atoms with Crippen molar-refractivity contribution in [2.24, 2.45) is 0 Å². The maximum atomic E-state index is 5.86. The Labute approximate surface area is 105 Å². The summed E-state index contributed by atoms with van der Waals surface area (Å²) >= 11 is 0. The highest BCUT2D eigenvalue weighted by molar-refractivity contribution is 5.27. The normalized spacial score (nSPS) is 13.7. The van der Waals surface area contributed by atoms with Crippen molar-refractivity contribution in [2.75, 3.05) is 13.2 Å². The fraction of sp³-hybridized carbons (Fsp3) is 0.643. The average Bonchev–Trinajstić information content (AvgIpc) is 2.27. The minimum absolute atomic E-state index is 0.168. The van der Waals surface area contributed by atoms with E-state index in [1.807, 2.05) is 25.4 Å². The summed E-state index contributed by atoms with van der Waals surface area (Å²) in [4.78, 5) is 4.23. The second-order valence-electron chi connectivity index (χ2n) is 4.76. The lowest BCUT2D eigenvalue weighted by atomic mass is 9.90. The van der Waals surface area contributed by atoms with E-state index in [1.54, 1.807) is 0 Å². The topological polar surface area (TPSA) is 34.2 Å². The molecule has 1 N–H and O–H groups in total. The van der Waals surface area contributed by atoms with E-state index in [9.17, 15) is 0 Å². The summed E-state index contributed by atoms with van der Waals surface area (Å²) in [6.07, 6.45) is 3.76. The van der Waals surface area contributed by atoms with Crippen LogP contribution in [0.25, 0.3) is 0 Å². The van der Waals surface area contributed by atoms with Crippen LogP contribution in [-0.4, -0.2) is 23.7 Å². The van der Waals surface area contributed by atoms with Gasteiger partial charge in [-0.05, 0) is 51.4 Å². The number of aromatic nitrogens is 1. The standard InChI is InChI=1S/C14H24N2O/c1-6-16-13(14(4,5)17-7-2)12-10-15-9-8-11(12)3/h8-10,13,16H,6-7H2,1-5H3. The first-order valence-corrected chi connectivity index (χ1v) is 6.30. The summed E-state index contributed by atoms with van der Waals surface area (Å²) in [5.74, 6) is 0. The summed E-state index contributed by atoms with van der Waals surface area (Å²) in [5.41, 5.74) is 2.23. The van der Waals surface area contributed by atoms with Crippen LogP contribution >= 0.6 is 0 Å². The fourth-order valence-electron chi connectivity index (χ4n) is 2.17. The molecule has 0 aliphatic carbocycles. The van der Waals surface area contributed by atoms with E-state index < -0.39 is 0 Å². The third kappa shape index (κ3) is 3.51. The Morgan fingerprint density at radius 1 is 1.41 bits per heavy atom. The molecule has 0 aromatic carbocycles. The highest BCUT2D eigenvalue weighted by atomic mass is 16.5. The SMILES string of the molecule is CCNC(c1cnccc1C)C(C)(C)OCC. The van der Waals surface area contributed by atoms with E-state index in [0.717, 1.165) is 6.54 Å². The predicted molar refractivity (Wildman–Crippen MR) is 71.1 cm³/mol. The van der Waals surface area contributed by atoms with Gasteiger partial charge in [0.05, 0.1) is 11.6 Å². The first kappa shape index (κ1) is 14.1. The fourth-order valence-corrected chi connectivity index (χ4v) is 2.17. The molecule has 3 heteroatoms. The van der Waals surface area contributed by atoms with Gasteiger partial charge in [0.15, 0.2) is 0 Å². The number of aryl methyl sites for hydroxylation is 1. The zero-order valence-corrected chi connectivity index (χ0v) is 11.6. The van der Waals surface area contributed by atoms with Crippen molar-refractivity contribution in [3.63, 3.8) is 0 Å². The van der Waals surface area contributed by atoms with Crippen LogP contribution in [0.1, 0.15) is 44.9 Å². The number of likely N-dealkylation sites (N-methyl/N-ethyl adjacent to an activating group) is 1. The monoisotopic (exact) mass is 236 g/mol. The minimum Gasteiger partial charge on any atom is -0.374 e. The van der Waals surface area contributed by atoms with E-state index >= 15 is 0 Å². The molecule has 96 valence electrons. The molecule has 0 amide bonds. The van der Waals surface area contributed by atoms with Crippen molar-refractivity contribution in [3.8, 4) is 0 Å². The molecule has 0 radical (unpaired) electrons. The lowest BCUT2D eigenvalue weighted by Crippen LogP contribution is -2.42. The van der Waals surface area contributed by atoms with Gasteiger partial charge < -0.3 is 10.1 Å². The van der Waals surface area contributed by atoms with Crippen molar-refractivity contribution >= 4 is 0 Å². The van der Waals surface area contributed by atoms with E-state index in [0.29, 0.717) is 6.61 Å². The van der Waals surface area contributed by atoms with Crippen LogP contribution in [0.2, 0.25) is 0 Å². The van der Waals surface area contributed by atoms with Gasteiger partial charge in [0.1, 0.15) is 0 Å². The number of pyridine rings is 1. The molecule has 3 nitrogen and oxygen atoms in total. The predicted octanol–water partition coefficient (Wildman–Crippen LogP) is 2.86. The highest BCUT2D eigenvalue weighted by Crippen LogP contribution is 2.30. The zero-order chi connectivity index (χ0) is 12.9. The van der Waals surface area contributed by atoms with Crippen molar-refractivity contribution in [1.29, 1.82) is 0 Å². The van der Waals surface area contributed by atoms with Crippen molar-refractivity contribution < 1.29 is 4.74 Å². The van der Waals surface area contributed by atoms with Gasteiger partial charge in [0, 0.05) is 19.0 Å². The molecule has 0 spiro atoms. The van der Waals surface area contributed by atoms with Crippen molar-refractivity contribution in [2.45, 2.75) is 46.3 Å². The van der Waals surface area contributed by atoms with Crippen LogP contribution in [0.15, 0.2) is 18.5 Å². The van der Waals surface area contributed by atoms with E-state index in [-0.39, 0.29) is 11.6 Å². The molecule has 1 aromatic rings. The molecule has 0 saturated heterocycles. The Morgan fingerprint density at radius 3 is 2.65 bits per heavy atom. The Bertz CT molecular complexity index is 350. The van der Waals surface area contributed by atoms with Crippen LogP contribution in [0.5, 0.6) is 0 Å². The van der Waals surface area contributed by atoms with Gasteiger partial charge in [-0.3, -0.25) is 4.98 Å². The summed E-state index contributed by atoms with van der Waals surface area (Å²) in [5, 5.41) is 3.50. The van der Waals surface area contributed by atoms with Gasteiger partial charge in [-0.25, -0.2) is 0 Å². The summed E-state index contributed by atoms with van der Waals surface area (Å²) < 4.78 is 5.86. The maximum absolute atomic E-state index is 5.86. The third-order valence-corrected chi connectivity index (χ3v) is 3.01. The lowest BCUT2D eigenvalue weighted by Gasteiger charge is -2.35. The molecule has 0 aliphatic heterocycles. The van der Waals surface area contributed by atoms with Crippen molar-refractivity contribution in [3.05, 3.63) is 29.6 Å². The van der Waals surface area contributed by atoms with Crippen LogP contribution in [-0.2, 0) is 4.74 Å². The summed E-state index contributed by atoms with van der Waals surface area (Å²) in [6, 6.07) is 2.21. The van der Waals surface area contributed by atoms with Gasteiger partial charge in [0.2, 0.25) is 0 Å². The Morgan fingerprint density at radius 2 is 2.12 bits per heavy atom. The molecule has 1 aromatic heterocycles.